The predicted molar refractivity (Wildman–Crippen MR) is 109 cm³/mol. The van der Waals surface area contributed by atoms with Gasteiger partial charge in [0.2, 0.25) is 0 Å². The number of rotatable bonds is 9. The number of carboxylic acid groups (broad SMARTS) is 1. The van der Waals surface area contributed by atoms with Crippen LogP contribution in [0.1, 0.15) is 70.4 Å². The van der Waals surface area contributed by atoms with Crippen LogP contribution in [0.25, 0.3) is 0 Å². The largest absolute Gasteiger partial charge is 1.00 e. The third-order valence-corrected chi connectivity index (χ3v) is 5.39. The number of aliphatic carboxylic acids is 1. The summed E-state index contributed by atoms with van der Waals surface area (Å²) in [4.78, 5) is 35.8. The summed E-state index contributed by atoms with van der Waals surface area (Å²) in [6, 6.07) is 6.09. The van der Waals surface area contributed by atoms with E-state index in [1.165, 1.54) is 0 Å². The number of alkyl carbamates (subject to hydrolysis) is 1. The Hall–Kier alpha value is -1.28. The van der Waals surface area contributed by atoms with Crippen LogP contribution < -0.4 is 40.0 Å². The van der Waals surface area contributed by atoms with Crippen molar-refractivity contribution in [1.82, 2.24) is 5.32 Å². The summed E-state index contributed by atoms with van der Waals surface area (Å²) in [5.74, 6) is -1.95. The molecule has 1 aliphatic carbocycles. The molecule has 0 bridgehead atoms. The number of hydrogen-bond acceptors (Lipinski definition) is 6. The average Bonchev–Trinajstić information content (AvgIpc) is 2.71. The van der Waals surface area contributed by atoms with Crippen molar-refractivity contribution < 1.29 is 58.5 Å². The van der Waals surface area contributed by atoms with E-state index < -0.39 is 24.4 Å². The van der Waals surface area contributed by atoms with E-state index in [1.54, 1.807) is 38.1 Å². The minimum atomic E-state index is -1.22. The standard InChI is InChI=1S/C22H30ClNO6.Na/c1-14(2)21(29-20(27)16-6-4-3-5-7-16)30-22(28)24-18(12-13-19(25)26)15-8-10-17(23)11-9-15;/h8-11,14,16,18,21H,3-7,12-13H2,1-2H3,(H,24,28)(H,25,26);/q;+1/p-1. The molecule has 0 radical (unpaired) electrons. The SMILES string of the molecule is CC(C)C(OC(=O)NC(CCC(=O)[O-])c1ccc(Cl)cc1)OC(=O)C1CCCCC1.[Na+]. The van der Waals surface area contributed by atoms with Crippen LogP contribution in [0, 0.1) is 11.8 Å². The zero-order valence-corrected chi connectivity index (χ0v) is 21.2. The van der Waals surface area contributed by atoms with Gasteiger partial charge < -0.3 is 24.7 Å². The maximum Gasteiger partial charge on any atom is 1.00 e. The fourth-order valence-electron chi connectivity index (χ4n) is 3.41. The Morgan fingerprint density at radius 3 is 2.26 bits per heavy atom. The molecule has 0 aliphatic heterocycles. The van der Waals surface area contributed by atoms with Crippen LogP contribution in [0.15, 0.2) is 24.3 Å². The van der Waals surface area contributed by atoms with E-state index >= 15 is 0 Å². The maximum absolute atomic E-state index is 12.5. The van der Waals surface area contributed by atoms with Crippen molar-refractivity contribution in [2.24, 2.45) is 11.8 Å². The molecule has 1 fully saturated rings. The first-order valence-corrected chi connectivity index (χ1v) is 10.8. The van der Waals surface area contributed by atoms with E-state index in [4.69, 9.17) is 21.1 Å². The van der Waals surface area contributed by atoms with Crippen molar-refractivity contribution in [3.8, 4) is 0 Å². The van der Waals surface area contributed by atoms with Gasteiger partial charge in [-0.25, -0.2) is 4.79 Å². The summed E-state index contributed by atoms with van der Waals surface area (Å²) in [6.07, 6.45) is 2.76. The number of nitrogens with one attached hydrogen (secondary N) is 1. The first-order valence-electron chi connectivity index (χ1n) is 10.4. The minimum absolute atomic E-state index is 0. The smallest absolute Gasteiger partial charge is 0.550 e. The van der Waals surface area contributed by atoms with Gasteiger partial charge in [0.15, 0.2) is 0 Å². The summed E-state index contributed by atoms with van der Waals surface area (Å²) in [5.41, 5.74) is 0.679. The monoisotopic (exact) mass is 461 g/mol. The van der Waals surface area contributed by atoms with E-state index in [0.29, 0.717) is 10.6 Å². The maximum atomic E-state index is 12.5. The van der Waals surface area contributed by atoms with Gasteiger partial charge in [-0.15, -0.1) is 0 Å². The van der Waals surface area contributed by atoms with Gasteiger partial charge in [-0.05, 0) is 43.4 Å². The number of carbonyl (C=O) groups excluding carboxylic acids is 3. The van der Waals surface area contributed by atoms with E-state index in [9.17, 15) is 19.5 Å². The number of esters is 1. The third-order valence-electron chi connectivity index (χ3n) is 5.14. The van der Waals surface area contributed by atoms with E-state index in [1.807, 2.05) is 0 Å². The number of halogens is 1. The van der Waals surface area contributed by atoms with Crippen molar-refractivity contribution in [2.75, 3.05) is 0 Å². The number of ether oxygens (including phenoxy) is 2. The normalized spacial score (nSPS) is 16.0. The van der Waals surface area contributed by atoms with Crippen LogP contribution in [0.5, 0.6) is 0 Å². The zero-order chi connectivity index (χ0) is 22.1. The topological polar surface area (TPSA) is 105 Å². The molecule has 0 heterocycles. The first-order chi connectivity index (χ1) is 14.3. The van der Waals surface area contributed by atoms with Crippen LogP contribution in [0.4, 0.5) is 4.79 Å². The molecule has 1 aliphatic rings. The average molecular weight is 462 g/mol. The van der Waals surface area contributed by atoms with E-state index in [0.717, 1.165) is 32.1 Å². The second-order valence-corrected chi connectivity index (χ2v) is 8.39. The predicted octanol–water partition coefficient (Wildman–Crippen LogP) is 0.747. The molecule has 7 nitrogen and oxygen atoms in total. The van der Waals surface area contributed by atoms with Gasteiger partial charge in [0, 0.05) is 16.9 Å². The Bertz CT molecular complexity index is 721. The van der Waals surface area contributed by atoms with Gasteiger partial charge in [-0.1, -0.05) is 56.8 Å². The summed E-state index contributed by atoms with van der Waals surface area (Å²) in [6.45, 7) is 3.58. The molecule has 0 spiro atoms. The minimum Gasteiger partial charge on any atom is -0.550 e. The number of benzene rings is 1. The number of amides is 1. The second-order valence-electron chi connectivity index (χ2n) is 7.95. The molecule has 1 aromatic carbocycles. The molecule has 1 N–H and O–H groups in total. The van der Waals surface area contributed by atoms with Gasteiger partial charge in [0.1, 0.15) is 0 Å². The van der Waals surface area contributed by atoms with Crippen LogP contribution in [-0.2, 0) is 19.1 Å². The Morgan fingerprint density at radius 1 is 1.10 bits per heavy atom. The molecule has 1 amide bonds. The molecule has 166 valence electrons. The molecule has 0 aromatic heterocycles. The van der Waals surface area contributed by atoms with Gasteiger partial charge >= 0.3 is 41.6 Å². The summed E-state index contributed by atoms with van der Waals surface area (Å²) >= 11 is 5.90. The number of hydrogen-bond donors (Lipinski definition) is 1. The first kappa shape index (κ1) is 27.8. The van der Waals surface area contributed by atoms with Crippen molar-refractivity contribution in [1.29, 1.82) is 0 Å². The van der Waals surface area contributed by atoms with Crippen molar-refractivity contribution in [3.05, 3.63) is 34.9 Å². The Morgan fingerprint density at radius 2 is 1.71 bits per heavy atom. The Kier molecular flexibility index (Phi) is 12.5. The summed E-state index contributed by atoms with van der Waals surface area (Å²) < 4.78 is 10.9. The molecule has 2 atom stereocenters. The third kappa shape index (κ3) is 9.81. The fourth-order valence-corrected chi connectivity index (χ4v) is 3.53. The van der Waals surface area contributed by atoms with Crippen molar-refractivity contribution >= 4 is 29.6 Å². The van der Waals surface area contributed by atoms with E-state index in [2.05, 4.69) is 5.32 Å². The number of carbonyl (C=O) groups is 3. The Balaban J connectivity index is 0.00000480. The fraction of sp³-hybridized carbons (Fsp3) is 0.591. The van der Waals surface area contributed by atoms with Crippen molar-refractivity contribution in [2.45, 2.75) is 71.1 Å². The molecule has 1 saturated carbocycles. The Labute approximate surface area is 210 Å². The zero-order valence-electron chi connectivity index (χ0n) is 18.4. The number of carboxylic acids is 1. The summed E-state index contributed by atoms with van der Waals surface area (Å²) in [5, 5.41) is 14.1. The van der Waals surface area contributed by atoms with Crippen LogP contribution >= 0.6 is 11.6 Å². The molecule has 2 unspecified atom stereocenters. The molecule has 0 saturated heterocycles. The molecule has 2 rings (SSSR count). The molecule has 9 heteroatoms. The molecular formula is C22H29ClNNaO6. The van der Waals surface area contributed by atoms with Gasteiger partial charge in [-0.2, -0.15) is 0 Å². The van der Waals surface area contributed by atoms with Gasteiger partial charge in [0.05, 0.1) is 12.0 Å². The summed E-state index contributed by atoms with van der Waals surface area (Å²) in [7, 11) is 0. The quantitative estimate of drug-likeness (QED) is 0.330. The second kappa shape index (κ2) is 14.0. The van der Waals surface area contributed by atoms with E-state index in [-0.39, 0.29) is 60.2 Å². The molecular weight excluding hydrogens is 433 g/mol. The molecule has 31 heavy (non-hydrogen) atoms. The van der Waals surface area contributed by atoms with Crippen molar-refractivity contribution in [3.63, 3.8) is 0 Å². The van der Waals surface area contributed by atoms with Gasteiger partial charge in [0.25, 0.3) is 6.29 Å². The van der Waals surface area contributed by atoms with Gasteiger partial charge in [-0.3, -0.25) is 4.79 Å². The van der Waals surface area contributed by atoms with Crippen LogP contribution in [0.2, 0.25) is 5.02 Å². The molecule has 1 aromatic rings. The van der Waals surface area contributed by atoms with Crippen LogP contribution in [-0.4, -0.2) is 24.3 Å². The van der Waals surface area contributed by atoms with Crippen LogP contribution in [0.3, 0.4) is 0 Å².